The first-order chi connectivity index (χ1) is 12.2. The minimum Gasteiger partial charge on any atom is -0.372 e. The van der Waals surface area contributed by atoms with Crippen molar-refractivity contribution in [3.05, 3.63) is 41.8 Å². The molecule has 1 spiro atoms. The number of aromatic nitrogens is 3. The van der Waals surface area contributed by atoms with Crippen molar-refractivity contribution in [2.75, 3.05) is 32.8 Å². The summed E-state index contributed by atoms with van der Waals surface area (Å²) in [7, 11) is 0. The fourth-order valence-electron chi connectivity index (χ4n) is 3.81. The molecule has 2 fully saturated rings. The molecule has 2 aliphatic rings. The number of rotatable bonds is 4. The van der Waals surface area contributed by atoms with Crippen LogP contribution < -0.4 is 0 Å². The number of pyridine rings is 1. The van der Waals surface area contributed by atoms with Gasteiger partial charge in [0.05, 0.1) is 24.4 Å². The molecule has 0 radical (unpaired) electrons. The zero-order valence-corrected chi connectivity index (χ0v) is 14.7. The molecule has 0 amide bonds. The first-order valence-corrected chi connectivity index (χ1v) is 8.99. The number of likely N-dealkylation sites (tertiary alicyclic amines) is 1. The van der Waals surface area contributed by atoms with E-state index in [0.29, 0.717) is 5.89 Å². The Morgan fingerprint density at radius 2 is 2.00 bits per heavy atom. The van der Waals surface area contributed by atoms with Gasteiger partial charge in [-0.1, -0.05) is 11.2 Å². The van der Waals surface area contributed by atoms with Crippen molar-refractivity contribution in [3.63, 3.8) is 0 Å². The first-order valence-electron chi connectivity index (χ1n) is 8.99. The van der Waals surface area contributed by atoms with Crippen LogP contribution in [0.15, 0.2) is 28.9 Å². The fourth-order valence-corrected chi connectivity index (χ4v) is 3.81. The Bertz CT molecular complexity index is 682. The molecule has 7 heteroatoms. The molecule has 2 aromatic heterocycles. The predicted octanol–water partition coefficient (Wildman–Crippen LogP) is 1.64. The molecule has 4 rings (SSSR count). The van der Waals surface area contributed by atoms with E-state index >= 15 is 0 Å². The van der Waals surface area contributed by atoms with Crippen LogP contribution in [0.1, 0.15) is 30.3 Å². The highest BCUT2D eigenvalue weighted by molar-refractivity contribution is 5.04. The van der Waals surface area contributed by atoms with Crippen LogP contribution in [-0.2, 0) is 17.8 Å². The molecule has 4 heterocycles. The van der Waals surface area contributed by atoms with Gasteiger partial charge >= 0.3 is 0 Å². The summed E-state index contributed by atoms with van der Waals surface area (Å²) in [6.45, 7) is 8.22. The van der Waals surface area contributed by atoms with Crippen LogP contribution in [0.5, 0.6) is 0 Å². The van der Waals surface area contributed by atoms with E-state index in [1.807, 2.05) is 19.2 Å². The minimum absolute atomic E-state index is 0.0301. The molecule has 25 heavy (non-hydrogen) atoms. The van der Waals surface area contributed by atoms with Crippen LogP contribution in [-0.4, -0.2) is 63.3 Å². The van der Waals surface area contributed by atoms with Gasteiger partial charge in [0.1, 0.15) is 0 Å². The number of piperidine rings is 1. The van der Waals surface area contributed by atoms with Gasteiger partial charge in [-0.2, -0.15) is 4.98 Å². The Kier molecular flexibility index (Phi) is 4.78. The second-order valence-electron chi connectivity index (χ2n) is 7.07. The molecule has 2 aliphatic heterocycles. The Hall–Kier alpha value is -1.83. The summed E-state index contributed by atoms with van der Waals surface area (Å²) in [6, 6.07) is 6.11. The van der Waals surface area contributed by atoms with Gasteiger partial charge in [0.25, 0.3) is 0 Å². The van der Waals surface area contributed by atoms with Gasteiger partial charge in [-0.05, 0) is 25.0 Å². The highest BCUT2D eigenvalue weighted by atomic mass is 16.5. The molecule has 0 N–H and O–H groups in total. The molecule has 0 saturated carbocycles. The average molecular weight is 343 g/mol. The molecule has 0 aromatic carbocycles. The van der Waals surface area contributed by atoms with E-state index in [1.54, 1.807) is 0 Å². The Balaban J connectivity index is 1.32. The van der Waals surface area contributed by atoms with E-state index in [1.165, 1.54) is 0 Å². The van der Waals surface area contributed by atoms with E-state index in [9.17, 15) is 0 Å². The van der Waals surface area contributed by atoms with Crippen LogP contribution in [0.4, 0.5) is 0 Å². The smallest absolute Gasteiger partial charge is 0.223 e. The van der Waals surface area contributed by atoms with Gasteiger partial charge in [0.15, 0.2) is 5.82 Å². The molecule has 0 aliphatic carbocycles. The monoisotopic (exact) mass is 343 g/mol. The number of aryl methyl sites for hydroxylation is 1. The number of nitrogens with zero attached hydrogens (tertiary/aromatic N) is 5. The third kappa shape index (κ3) is 4.05. The van der Waals surface area contributed by atoms with Gasteiger partial charge < -0.3 is 9.26 Å². The van der Waals surface area contributed by atoms with E-state index in [4.69, 9.17) is 9.26 Å². The normalized spacial score (nSPS) is 21.6. The van der Waals surface area contributed by atoms with E-state index in [2.05, 4.69) is 37.1 Å². The molecule has 0 unspecified atom stereocenters. The summed E-state index contributed by atoms with van der Waals surface area (Å²) in [6.07, 6.45) is 3.98. The summed E-state index contributed by atoms with van der Waals surface area (Å²) in [5, 5.41) is 4.02. The van der Waals surface area contributed by atoms with Crippen molar-refractivity contribution < 1.29 is 9.26 Å². The molecule has 0 atom stereocenters. The molecule has 7 nitrogen and oxygen atoms in total. The van der Waals surface area contributed by atoms with Gasteiger partial charge in [-0.15, -0.1) is 0 Å². The van der Waals surface area contributed by atoms with Crippen molar-refractivity contribution in [2.45, 2.75) is 38.5 Å². The van der Waals surface area contributed by atoms with Crippen molar-refractivity contribution in [2.24, 2.45) is 0 Å². The number of morpholine rings is 1. The maximum absolute atomic E-state index is 6.23. The molecule has 2 saturated heterocycles. The largest absolute Gasteiger partial charge is 0.372 e. The van der Waals surface area contributed by atoms with E-state index < -0.39 is 0 Å². The minimum atomic E-state index is -0.0301. The van der Waals surface area contributed by atoms with E-state index in [0.717, 1.165) is 70.2 Å². The summed E-state index contributed by atoms with van der Waals surface area (Å²) in [5.41, 5.74) is 1.11. The van der Waals surface area contributed by atoms with Gasteiger partial charge in [-0.25, -0.2) is 0 Å². The quantitative estimate of drug-likeness (QED) is 0.836. The summed E-state index contributed by atoms with van der Waals surface area (Å²) in [4.78, 5) is 13.6. The zero-order valence-electron chi connectivity index (χ0n) is 14.7. The second-order valence-corrected chi connectivity index (χ2v) is 7.07. The summed E-state index contributed by atoms with van der Waals surface area (Å²) < 4.78 is 11.3. The topological polar surface area (TPSA) is 67.5 Å². The van der Waals surface area contributed by atoms with Crippen molar-refractivity contribution in [1.82, 2.24) is 24.9 Å². The van der Waals surface area contributed by atoms with Gasteiger partial charge in [0, 0.05) is 45.8 Å². The van der Waals surface area contributed by atoms with Crippen LogP contribution in [0.3, 0.4) is 0 Å². The average Bonchev–Trinajstić information content (AvgIpc) is 3.03. The van der Waals surface area contributed by atoms with Gasteiger partial charge in [0.2, 0.25) is 5.89 Å². The lowest BCUT2D eigenvalue weighted by molar-refractivity contribution is -0.138. The Morgan fingerprint density at radius 1 is 1.12 bits per heavy atom. The first kappa shape index (κ1) is 16.6. The number of hydrogen-bond donors (Lipinski definition) is 0. The van der Waals surface area contributed by atoms with Crippen molar-refractivity contribution in [1.29, 1.82) is 0 Å². The zero-order chi connectivity index (χ0) is 17.1. The lowest BCUT2D eigenvalue weighted by Gasteiger charge is -2.47. The number of hydrogen-bond acceptors (Lipinski definition) is 7. The number of ether oxygens (including phenoxy) is 1. The molecular formula is C18H25N5O2. The van der Waals surface area contributed by atoms with E-state index in [-0.39, 0.29) is 5.60 Å². The van der Waals surface area contributed by atoms with Crippen LogP contribution in [0, 0.1) is 6.92 Å². The molecule has 134 valence electrons. The standard InChI is InChI=1S/C18H25N5O2/c1-15-20-17(21-25-15)13-23-10-11-24-18(14-23)5-8-22(9-6-18)12-16-4-2-3-7-19-16/h2-4,7H,5-6,8-14H2,1H3. The van der Waals surface area contributed by atoms with Crippen molar-refractivity contribution >= 4 is 0 Å². The predicted molar refractivity (Wildman–Crippen MR) is 91.7 cm³/mol. The second kappa shape index (κ2) is 7.19. The third-order valence-corrected chi connectivity index (χ3v) is 5.14. The summed E-state index contributed by atoms with van der Waals surface area (Å²) >= 11 is 0. The highest BCUT2D eigenvalue weighted by Crippen LogP contribution is 2.31. The van der Waals surface area contributed by atoms with Crippen LogP contribution >= 0.6 is 0 Å². The fraction of sp³-hybridized carbons (Fsp3) is 0.611. The molecule has 2 aromatic rings. The van der Waals surface area contributed by atoms with Crippen LogP contribution in [0.2, 0.25) is 0 Å². The van der Waals surface area contributed by atoms with Crippen molar-refractivity contribution in [3.8, 4) is 0 Å². The Morgan fingerprint density at radius 3 is 2.72 bits per heavy atom. The molecular weight excluding hydrogens is 318 g/mol. The van der Waals surface area contributed by atoms with Gasteiger partial charge in [-0.3, -0.25) is 14.8 Å². The third-order valence-electron chi connectivity index (χ3n) is 5.14. The summed E-state index contributed by atoms with van der Waals surface area (Å²) in [5.74, 6) is 1.39. The lowest BCUT2D eigenvalue weighted by atomic mass is 9.89. The maximum Gasteiger partial charge on any atom is 0.223 e. The van der Waals surface area contributed by atoms with Crippen LogP contribution in [0.25, 0.3) is 0 Å². The maximum atomic E-state index is 6.23. The SMILES string of the molecule is Cc1nc(CN2CCOC3(CCN(Cc4ccccn4)CC3)C2)no1. The molecule has 0 bridgehead atoms. The lowest BCUT2D eigenvalue weighted by Crippen LogP contribution is -2.56. The highest BCUT2D eigenvalue weighted by Gasteiger charge is 2.39. The Labute approximate surface area is 148 Å².